The molecule has 1 aliphatic heterocycles. The third kappa shape index (κ3) is 6.16. The van der Waals surface area contributed by atoms with E-state index in [9.17, 15) is 4.79 Å². The summed E-state index contributed by atoms with van der Waals surface area (Å²) in [5, 5.41) is 6.36. The number of amides is 1. The van der Waals surface area contributed by atoms with Crippen molar-refractivity contribution in [2.45, 2.75) is 18.9 Å². The number of hydrogen-bond acceptors (Lipinski definition) is 4. The van der Waals surface area contributed by atoms with Gasteiger partial charge in [0.2, 0.25) is 5.91 Å². The quantitative estimate of drug-likeness (QED) is 0.836. The molecule has 1 saturated heterocycles. The van der Waals surface area contributed by atoms with E-state index in [4.69, 9.17) is 4.74 Å². The van der Waals surface area contributed by atoms with Gasteiger partial charge in [0.05, 0.1) is 7.11 Å². The smallest absolute Gasteiger partial charge is 0.221 e. The van der Waals surface area contributed by atoms with E-state index in [0.717, 1.165) is 35.8 Å². The molecule has 6 heteroatoms. The van der Waals surface area contributed by atoms with Crippen molar-refractivity contribution in [2.24, 2.45) is 0 Å². The first kappa shape index (κ1) is 18.1. The van der Waals surface area contributed by atoms with Crippen molar-refractivity contribution >= 4 is 30.1 Å². The van der Waals surface area contributed by atoms with Crippen LogP contribution in [0.4, 0.5) is 0 Å². The van der Waals surface area contributed by atoms with Gasteiger partial charge >= 0.3 is 0 Å². The van der Waals surface area contributed by atoms with Crippen molar-refractivity contribution in [3.8, 4) is 5.75 Å². The number of methoxy groups -OCH3 is 1. The summed E-state index contributed by atoms with van der Waals surface area (Å²) in [5.41, 5.74) is 1.13. The van der Waals surface area contributed by atoms with Crippen LogP contribution in [0.25, 0.3) is 0 Å². The molecule has 0 aromatic heterocycles. The Bertz CT molecular complexity index is 439. The Labute approximate surface area is 136 Å². The molecule has 21 heavy (non-hydrogen) atoms. The van der Waals surface area contributed by atoms with Gasteiger partial charge in [0.25, 0.3) is 0 Å². The first-order valence-corrected chi connectivity index (χ1v) is 8.15. The van der Waals surface area contributed by atoms with Crippen molar-refractivity contribution in [3.63, 3.8) is 0 Å². The van der Waals surface area contributed by atoms with Crippen LogP contribution in [-0.4, -0.2) is 43.7 Å². The van der Waals surface area contributed by atoms with Crippen LogP contribution < -0.4 is 15.4 Å². The van der Waals surface area contributed by atoms with Gasteiger partial charge in [0, 0.05) is 37.1 Å². The van der Waals surface area contributed by atoms with Gasteiger partial charge in [0.15, 0.2) is 0 Å². The summed E-state index contributed by atoms with van der Waals surface area (Å²) in [6.07, 6.45) is 1.36. The Balaban J connectivity index is 0.00000220. The van der Waals surface area contributed by atoms with Crippen molar-refractivity contribution < 1.29 is 9.53 Å². The number of benzene rings is 1. The predicted octanol–water partition coefficient (Wildman–Crippen LogP) is 1.87. The highest BCUT2D eigenvalue weighted by molar-refractivity contribution is 7.99. The summed E-state index contributed by atoms with van der Waals surface area (Å²) < 4.78 is 5.30. The van der Waals surface area contributed by atoms with Crippen LogP contribution in [0.1, 0.15) is 12.0 Å². The summed E-state index contributed by atoms with van der Waals surface area (Å²) in [6.45, 7) is 1.66. The monoisotopic (exact) mass is 330 g/mol. The van der Waals surface area contributed by atoms with Crippen LogP contribution in [-0.2, 0) is 11.2 Å². The zero-order chi connectivity index (χ0) is 14.2. The first-order valence-electron chi connectivity index (χ1n) is 6.99. The van der Waals surface area contributed by atoms with Gasteiger partial charge < -0.3 is 15.4 Å². The molecule has 4 nitrogen and oxygen atoms in total. The minimum Gasteiger partial charge on any atom is -0.496 e. The Morgan fingerprint density at radius 2 is 2.29 bits per heavy atom. The fourth-order valence-electron chi connectivity index (χ4n) is 2.29. The molecule has 1 aromatic carbocycles. The lowest BCUT2D eigenvalue weighted by Gasteiger charge is -2.22. The number of carbonyl (C=O) groups is 1. The van der Waals surface area contributed by atoms with Gasteiger partial charge in [-0.3, -0.25) is 4.79 Å². The fourth-order valence-corrected chi connectivity index (χ4v) is 3.24. The molecule has 0 spiro atoms. The molecule has 1 aromatic rings. The highest BCUT2D eigenvalue weighted by Crippen LogP contribution is 2.17. The van der Waals surface area contributed by atoms with Crippen LogP contribution in [0.15, 0.2) is 24.3 Å². The van der Waals surface area contributed by atoms with E-state index in [1.54, 1.807) is 7.11 Å². The molecular weight excluding hydrogens is 308 g/mol. The zero-order valence-electron chi connectivity index (χ0n) is 12.3. The maximum Gasteiger partial charge on any atom is 0.221 e. The van der Waals surface area contributed by atoms with Crippen LogP contribution in [0.5, 0.6) is 5.75 Å². The number of hydrogen-bond donors (Lipinski definition) is 2. The third-order valence-corrected chi connectivity index (χ3v) is 4.47. The lowest BCUT2D eigenvalue weighted by molar-refractivity contribution is -0.121. The zero-order valence-corrected chi connectivity index (χ0v) is 13.9. The van der Waals surface area contributed by atoms with Gasteiger partial charge in [-0.2, -0.15) is 11.8 Å². The van der Waals surface area contributed by atoms with Crippen molar-refractivity contribution in [1.29, 1.82) is 0 Å². The lowest BCUT2D eigenvalue weighted by atomic mass is 10.1. The normalized spacial score (nSPS) is 17.7. The topological polar surface area (TPSA) is 50.4 Å². The molecule has 1 atom stereocenters. The van der Waals surface area contributed by atoms with Gasteiger partial charge in [-0.05, 0) is 18.1 Å². The average Bonchev–Trinajstić information content (AvgIpc) is 2.49. The Morgan fingerprint density at radius 1 is 1.48 bits per heavy atom. The number of halogens is 1. The van der Waals surface area contributed by atoms with E-state index in [1.165, 1.54) is 0 Å². The molecule has 1 unspecified atom stereocenters. The lowest BCUT2D eigenvalue weighted by Crippen LogP contribution is -2.41. The van der Waals surface area contributed by atoms with Gasteiger partial charge in [0.1, 0.15) is 5.75 Å². The summed E-state index contributed by atoms with van der Waals surface area (Å²) in [6, 6.07) is 8.24. The van der Waals surface area contributed by atoms with Crippen LogP contribution >= 0.6 is 24.2 Å². The highest BCUT2D eigenvalue weighted by atomic mass is 35.5. The molecular formula is C15H23ClN2O2S. The van der Waals surface area contributed by atoms with E-state index in [-0.39, 0.29) is 18.3 Å². The number of carbonyl (C=O) groups excluding carboxylic acids is 1. The van der Waals surface area contributed by atoms with Gasteiger partial charge in [-0.15, -0.1) is 12.4 Å². The molecule has 1 aliphatic rings. The maximum atomic E-state index is 11.9. The molecule has 1 fully saturated rings. The number of nitrogens with one attached hydrogen (secondary N) is 2. The van der Waals surface area contributed by atoms with E-state index in [1.807, 2.05) is 36.0 Å². The first-order chi connectivity index (χ1) is 9.79. The minimum absolute atomic E-state index is 0. The standard InChI is InChI=1S/C15H22N2O2S.ClH/c1-19-14-5-3-2-4-12(14)6-7-17-15(18)10-13-11-20-9-8-16-13;/h2-5,13,16H,6-11H2,1H3,(H,17,18);1H. The van der Waals surface area contributed by atoms with Crippen molar-refractivity contribution in [3.05, 3.63) is 29.8 Å². The van der Waals surface area contributed by atoms with Crippen molar-refractivity contribution in [2.75, 3.05) is 31.7 Å². The van der Waals surface area contributed by atoms with E-state index in [0.29, 0.717) is 19.0 Å². The number of rotatable bonds is 6. The molecule has 2 rings (SSSR count). The second-order valence-electron chi connectivity index (χ2n) is 4.84. The summed E-state index contributed by atoms with van der Waals surface area (Å²) >= 11 is 1.91. The largest absolute Gasteiger partial charge is 0.496 e. The predicted molar refractivity (Wildman–Crippen MR) is 90.7 cm³/mol. The Morgan fingerprint density at radius 3 is 3.00 bits per heavy atom. The number of thioether (sulfide) groups is 1. The fraction of sp³-hybridized carbons (Fsp3) is 0.533. The molecule has 1 heterocycles. The molecule has 118 valence electrons. The van der Waals surface area contributed by atoms with E-state index < -0.39 is 0 Å². The number of para-hydroxylation sites is 1. The van der Waals surface area contributed by atoms with E-state index >= 15 is 0 Å². The molecule has 1 amide bonds. The maximum absolute atomic E-state index is 11.9. The van der Waals surface area contributed by atoms with Crippen molar-refractivity contribution in [1.82, 2.24) is 10.6 Å². The molecule has 2 N–H and O–H groups in total. The van der Waals surface area contributed by atoms with E-state index in [2.05, 4.69) is 10.6 Å². The molecule has 0 bridgehead atoms. The Kier molecular flexibility index (Phi) is 8.57. The Hall–Kier alpha value is -0.910. The third-order valence-electron chi connectivity index (χ3n) is 3.34. The van der Waals surface area contributed by atoms with Crippen LogP contribution in [0.2, 0.25) is 0 Å². The molecule has 0 saturated carbocycles. The second-order valence-corrected chi connectivity index (χ2v) is 5.99. The summed E-state index contributed by atoms with van der Waals surface area (Å²) in [5.74, 6) is 3.18. The van der Waals surface area contributed by atoms with Crippen LogP contribution in [0, 0.1) is 0 Å². The molecule has 0 radical (unpaired) electrons. The molecule has 0 aliphatic carbocycles. The highest BCUT2D eigenvalue weighted by Gasteiger charge is 2.16. The second kappa shape index (κ2) is 9.92. The van der Waals surface area contributed by atoms with Gasteiger partial charge in [-0.1, -0.05) is 18.2 Å². The van der Waals surface area contributed by atoms with Gasteiger partial charge in [-0.25, -0.2) is 0 Å². The van der Waals surface area contributed by atoms with Crippen LogP contribution in [0.3, 0.4) is 0 Å². The SMILES string of the molecule is COc1ccccc1CCNC(=O)CC1CSCCN1.Cl. The average molecular weight is 331 g/mol. The number of ether oxygens (including phenoxy) is 1. The summed E-state index contributed by atoms with van der Waals surface area (Å²) in [7, 11) is 1.67. The summed E-state index contributed by atoms with van der Waals surface area (Å²) in [4.78, 5) is 11.9. The minimum atomic E-state index is 0.